The molecule has 2 aliphatic rings. The molecule has 2 unspecified atom stereocenters. The van der Waals surface area contributed by atoms with Gasteiger partial charge in [0.05, 0.1) is 24.4 Å². The van der Waals surface area contributed by atoms with Gasteiger partial charge < -0.3 is 24.4 Å². The normalized spacial score (nSPS) is 33.4. The number of allylic oxidation sites excluding steroid dienone is 1. The van der Waals surface area contributed by atoms with Crippen LogP contribution in [0.3, 0.4) is 0 Å². The molecule has 2 fully saturated rings. The number of esters is 1. The molecule has 6 nitrogen and oxygen atoms in total. The lowest BCUT2D eigenvalue weighted by atomic mass is 9.75. The largest absolute Gasteiger partial charge is 0.461 e. The maximum Gasteiger partial charge on any atom is 0.320 e. The molecule has 1 saturated carbocycles. The summed E-state index contributed by atoms with van der Waals surface area (Å²) < 4.78 is 17.6. The minimum Gasteiger partial charge on any atom is -0.461 e. The summed E-state index contributed by atoms with van der Waals surface area (Å²) in [5.74, 6) is 0.0786. The second kappa shape index (κ2) is 10.2. The summed E-state index contributed by atoms with van der Waals surface area (Å²) in [4.78, 5) is 14.4. The van der Waals surface area contributed by atoms with Crippen molar-refractivity contribution in [2.24, 2.45) is 5.92 Å². The molecular weight excluding hydrogens is 356 g/mol. The van der Waals surface area contributed by atoms with Crippen LogP contribution < -0.4 is 5.32 Å². The van der Waals surface area contributed by atoms with Crippen LogP contribution in [0.4, 0.5) is 0 Å². The van der Waals surface area contributed by atoms with Crippen molar-refractivity contribution in [1.29, 1.82) is 0 Å². The SMILES string of the molecule is CO[C@@H]1CC[C@@H](OC(=O)CNCC(C)N(C)C)CC1[C@@]1(C)O[C@@H]1CC=C(C)C. The lowest BCUT2D eigenvalue weighted by Crippen LogP contribution is -2.44. The maximum absolute atomic E-state index is 12.3. The van der Waals surface area contributed by atoms with E-state index in [1.807, 2.05) is 14.1 Å². The molecule has 1 N–H and O–H groups in total. The number of ether oxygens (including phenoxy) is 3. The van der Waals surface area contributed by atoms with E-state index in [2.05, 4.69) is 44.0 Å². The zero-order valence-electron chi connectivity index (χ0n) is 18.8. The molecule has 6 atom stereocenters. The van der Waals surface area contributed by atoms with Crippen LogP contribution in [0, 0.1) is 5.92 Å². The van der Waals surface area contributed by atoms with E-state index in [9.17, 15) is 4.79 Å². The zero-order valence-corrected chi connectivity index (χ0v) is 18.8. The second-order valence-corrected chi connectivity index (χ2v) is 9.06. The van der Waals surface area contributed by atoms with Gasteiger partial charge >= 0.3 is 5.97 Å². The van der Waals surface area contributed by atoms with E-state index in [0.717, 1.165) is 32.2 Å². The Morgan fingerprint density at radius 2 is 2.07 bits per heavy atom. The van der Waals surface area contributed by atoms with Gasteiger partial charge in [-0.2, -0.15) is 0 Å². The Hall–Kier alpha value is -0.950. The molecule has 0 aromatic rings. The Kier molecular flexibility index (Phi) is 8.49. The highest BCUT2D eigenvalue weighted by Crippen LogP contribution is 2.51. The topological polar surface area (TPSA) is 63.3 Å². The number of methoxy groups -OCH3 is 1. The van der Waals surface area contributed by atoms with Crippen LogP contribution in [0.2, 0.25) is 0 Å². The zero-order chi connectivity index (χ0) is 20.9. The fourth-order valence-corrected chi connectivity index (χ4v) is 4.11. The lowest BCUT2D eigenvalue weighted by molar-refractivity contribution is -0.153. The number of nitrogens with one attached hydrogen (secondary N) is 1. The van der Waals surface area contributed by atoms with Gasteiger partial charge in [-0.15, -0.1) is 0 Å². The first-order valence-electron chi connectivity index (χ1n) is 10.6. The summed E-state index contributed by atoms with van der Waals surface area (Å²) in [6, 6.07) is 0.374. The highest BCUT2D eigenvalue weighted by Gasteiger charge is 2.60. The third-order valence-electron chi connectivity index (χ3n) is 6.38. The molecule has 0 radical (unpaired) electrons. The van der Waals surface area contributed by atoms with Crippen LogP contribution in [0.15, 0.2) is 11.6 Å². The van der Waals surface area contributed by atoms with Gasteiger partial charge in [-0.1, -0.05) is 11.6 Å². The summed E-state index contributed by atoms with van der Waals surface area (Å²) >= 11 is 0. The van der Waals surface area contributed by atoms with Crippen LogP contribution in [-0.4, -0.2) is 75.1 Å². The number of hydrogen-bond acceptors (Lipinski definition) is 6. The number of rotatable bonds is 10. The molecule has 0 aromatic heterocycles. The molecule has 1 saturated heterocycles. The number of nitrogens with zero attached hydrogens (tertiary/aromatic N) is 1. The summed E-state index contributed by atoms with van der Waals surface area (Å²) in [5, 5.41) is 3.19. The van der Waals surface area contributed by atoms with E-state index in [4.69, 9.17) is 14.2 Å². The Morgan fingerprint density at radius 3 is 2.68 bits per heavy atom. The lowest BCUT2D eigenvalue weighted by Gasteiger charge is -2.37. The van der Waals surface area contributed by atoms with Gasteiger partial charge in [-0.05, 0) is 67.5 Å². The predicted octanol–water partition coefficient (Wildman–Crippen LogP) is 2.77. The molecule has 0 amide bonds. The van der Waals surface area contributed by atoms with E-state index < -0.39 is 0 Å². The Balaban J connectivity index is 1.84. The molecule has 0 spiro atoms. The van der Waals surface area contributed by atoms with E-state index >= 15 is 0 Å². The first kappa shape index (κ1) is 23.3. The molecule has 1 aliphatic carbocycles. The molecule has 0 aromatic carbocycles. The van der Waals surface area contributed by atoms with Crippen LogP contribution >= 0.6 is 0 Å². The van der Waals surface area contributed by atoms with Crippen molar-refractivity contribution in [2.75, 3.05) is 34.3 Å². The smallest absolute Gasteiger partial charge is 0.320 e. The van der Waals surface area contributed by atoms with Crippen LogP contribution in [0.5, 0.6) is 0 Å². The number of carbonyl (C=O) groups is 1. The standard InChI is InChI=1S/C22H40N2O4/c1-15(2)8-11-20-22(4,28-20)18-12-17(9-10-19(18)26-7)27-21(25)14-23-13-16(3)24(5)6/h8,16-20,23H,9-14H2,1-7H3/t16?,17-,18?,19-,20-,22-/m1/s1. The first-order chi connectivity index (χ1) is 13.2. The van der Waals surface area contributed by atoms with Crippen molar-refractivity contribution < 1.29 is 19.0 Å². The third kappa shape index (κ3) is 6.28. The van der Waals surface area contributed by atoms with Gasteiger partial charge in [0.25, 0.3) is 0 Å². The highest BCUT2D eigenvalue weighted by atomic mass is 16.6. The number of hydrogen-bond donors (Lipinski definition) is 1. The number of likely N-dealkylation sites (N-methyl/N-ethyl adjacent to an activating group) is 1. The molecule has 28 heavy (non-hydrogen) atoms. The third-order valence-corrected chi connectivity index (χ3v) is 6.38. The Bertz CT molecular complexity index is 547. The van der Waals surface area contributed by atoms with Gasteiger partial charge in [0.15, 0.2) is 0 Å². The van der Waals surface area contributed by atoms with Crippen LogP contribution in [0.25, 0.3) is 0 Å². The van der Waals surface area contributed by atoms with Crippen molar-refractivity contribution in [3.8, 4) is 0 Å². The molecule has 162 valence electrons. The first-order valence-corrected chi connectivity index (χ1v) is 10.6. The van der Waals surface area contributed by atoms with E-state index in [-0.39, 0.29) is 42.3 Å². The summed E-state index contributed by atoms with van der Waals surface area (Å²) in [6.07, 6.45) is 6.07. The van der Waals surface area contributed by atoms with Crippen molar-refractivity contribution in [1.82, 2.24) is 10.2 Å². The summed E-state index contributed by atoms with van der Waals surface area (Å²) in [7, 11) is 5.84. The van der Waals surface area contributed by atoms with Gasteiger partial charge in [-0.25, -0.2) is 0 Å². The number of carbonyl (C=O) groups excluding carboxylic acids is 1. The Morgan fingerprint density at radius 1 is 1.36 bits per heavy atom. The molecule has 1 aliphatic heterocycles. The fourth-order valence-electron chi connectivity index (χ4n) is 4.11. The highest BCUT2D eigenvalue weighted by molar-refractivity contribution is 5.71. The summed E-state index contributed by atoms with van der Waals surface area (Å²) in [6.45, 7) is 9.55. The second-order valence-electron chi connectivity index (χ2n) is 9.06. The van der Waals surface area contributed by atoms with Crippen molar-refractivity contribution in [3.05, 3.63) is 11.6 Å². The fraction of sp³-hybridized carbons (Fsp3) is 0.864. The summed E-state index contributed by atoms with van der Waals surface area (Å²) in [5.41, 5.74) is 1.13. The average Bonchev–Trinajstić information content (AvgIpc) is 3.31. The molecule has 6 heteroatoms. The van der Waals surface area contributed by atoms with Crippen LogP contribution in [0.1, 0.15) is 53.4 Å². The molecule has 0 bridgehead atoms. The monoisotopic (exact) mass is 396 g/mol. The van der Waals surface area contributed by atoms with Gasteiger partial charge in [0.2, 0.25) is 0 Å². The minimum absolute atomic E-state index is 0.0536. The van der Waals surface area contributed by atoms with Crippen molar-refractivity contribution in [2.45, 2.75) is 83.3 Å². The molecule has 1 heterocycles. The molecular formula is C22H40N2O4. The number of epoxide rings is 1. The Labute approximate surface area is 171 Å². The van der Waals surface area contributed by atoms with E-state index in [1.165, 1.54) is 5.57 Å². The van der Waals surface area contributed by atoms with Crippen LogP contribution in [-0.2, 0) is 19.0 Å². The van der Waals surface area contributed by atoms with E-state index in [0.29, 0.717) is 6.04 Å². The average molecular weight is 397 g/mol. The van der Waals surface area contributed by atoms with Crippen molar-refractivity contribution in [3.63, 3.8) is 0 Å². The van der Waals surface area contributed by atoms with Crippen molar-refractivity contribution >= 4 is 5.97 Å². The molecule has 2 rings (SSSR count). The minimum atomic E-state index is -0.183. The maximum atomic E-state index is 12.3. The quantitative estimate of drug-likeness (QED) is 0.348. The van der Waals surface area contributed by atoms with Gasteiger partial charge in [-0.3, -0.25) is 4.79 Å². The van der Waals surface area contributed by atoms with Gasteiger partial charge in [0, 0.05) is 25.6 Å². The predicted molar refractivity (Wildman–Crippen MR) is 111 cm³/mol. The van der Waals surface area contributed by atoms with Gasteiger partial charge in [0.1, 0.15) is 6.10 Å². The van der Waals surface area contributed by atoms with E-state index in [1.54, 1.807) is 7.11 Å².